The van der Waals surface area contributed by atoms with Gasteiger partial charge in [0.2, 0.25) is 0 Å². The summed E-state index contributed by atoms with van der Waals surface area (Å²) >= 11 is 0. The quantitative estimate of drug-likeness (QED) is 0.286. The standard InChI is InChI=1S/C17H27N3O6.C2H6/c1-8-13(16(25)19-4-11(23)6-21)9(2)15(18)10(3)14(8)17(26)20-5-12(24)7-22;1-2/h11-12,21-24H,4-7,18H2,1-3H3,(H,19,25)(H,20,26);1-2H3. The van der Waals surface area contributed by atoms with Crippen molar-refractivity contribution in [2.45, 2.75) is 46.8 Å². The average molecular weight is 399 g/mol. The van der Waals surface area contributed by atoms with Gasteiger partial charge in [0.1, 0.15) is 0 Å². The zero-order valence-electron chi connectivity index (χ0n) is 17.2. The summed E-state index contributed by atoms with van der Waals surface area (Å²) in [6, 6.07) is 0. The highest BCUT2D eigenvalue weighted by atomic mass is 16.3. The lowest BCUT2D eigenvalue weighted by Gasteiger charge is -2.20. The summed E-state index contributed by atoms with van der Waals surface area (Å²) in [6.07, 6.45) is -2.19. The van der Waals surface area contributed by atoms with Gasteiger partial charge in [-0.05, 0) is 37.5 Å². The molecule has 9 nitrogen and oxygen atoms in total. The van der Waals surface area contributed by atoms with Crippen LogP contribution >= 0.6 is 0 Å². The van der Waals surface area contributed by atoms with Crippen molar-refractivity contribution in [1.82, 2.24) is 10.6 Å². The largest absolute Gasteiger partial charge is 0.398 e. The lowest BCUT2D eigenvalue weighted by Crippen LogP contribution is -2.37. The SMILES string of the molecule is CC.Cc1c(N)c(C)c(C(=O)NCC(O)CO)c(C)c1C(=O)NCC(O)CO. The Hall–Kier alpha value is -2.20. The minimum atomic E-state index is -1.09. The predicted octanol–water partition coefficient (Wildman–Crippen LogP) is -0.614. The van der Waals surface area contributed by atoms with Crippen molar-refractivity contribution in [2.24, 2.45) is 0 Å². The minimum absolute atomic E-state index is 0.147. The molecule has 0 aliphatic rings. The molecule has 0 bridgehead atoms. The highest BCUT2D eigenvalue weighted by Crippen LogP contribution is 2.29. The van der Waals surface area contributed by atoms with Crippen LogP contribution < -0.4 is 16.4 Å². The van der Waals surface area contributed by atoms with Crippen LogP contribution in [-0.4, -0.2) is 70.8 Å². The van der Waals surface area contributed by atoms with Crippen LogP contribution in [-0.2, 0) is 0 Å². The third-order valence-corrected chi connectivity index (χ3v) is 4.18. The van der Waals surface area contributed by atoms with Crippen LogP contribution in [0.3, 0.4) is 0 Å². The molecule has 0 aromatic heterocycles. The molecule has 0 saturated carbocycles. The van der Waals surface area contributed by atoms with Crippen molar-refractivity contribution in [2.75, 3.05) is 32.0 Å². The summed E-state index contributed by atoms with van der Waals surface area (Å²) in [6.45, 7) is 7.64. The van der Waals surface area contributed by atoms with Crippen LogP contribution in [0.25, 0.3) is 0 Å². The van der Waals surface area contributed by atoms with Gasteiger partial charge in [0.15, 0.2) is 0 Å². The Morgan fingerprint density at radius 3 is 1.43 bits per heavy atom. The smallest absolute Gasteiger partial charge is 0.252 e. The normalized spacial score (nSPS) is 12.5. The molecule has 2 amide bonds. The zero-order valence-corrected chi connectivity index (χ0v) is 17.2. The predicted molar refractivity (Wildman–Crippen MR) is 107 cm³/mol. The van der Waals surface area contributed by atoms with Crippen LogP contribution in [0.2, 0.25) is 0 Å². The molecule has 0 saturated heterocycles. The van der Waals surface area contributed by atoms with Crippen molar-refractivity contribution in [3.63, 3.8) is 0 Å². The van der Waals surface area contributed by atoms with Gasteiger partial charge in [0.05, 0.1) is 25.4 Å². The molecule has 0 heterocycles. The van der Waals surface area contributed by atoms with E-state index in [1.54, 1.807) is 20.8 Å². The molecule has 0 spiro atoms. The number of rotatable bonds is 8. The van der Waals surface area contributed by atoms with Crippen LogP contribution in [0, 0.1) is 20.8 Å². The first-order valence-corrected chi connectivity index (χ1v) is 9.19. The average Bonchev–Trinajstić information content (AvgIpc) is 2.70. The van der Waals surface area contributed by atoms with Crippen LogP contribution in [0.4, 0.5) is 5.69 Å². The number of nitrogens with two attached hydrogens (primary N) is 1. The second-order valence-corrected chi connectivity index (χ2v) is 6.13. The second kappa shape index (κ2) is 12.3. The van der Waals surface area contributed by atoms with Crippen molar-refractivity contribution < 1.29 is 30.0 Å². The van der Waals surface area contributed by atoms with E-state index in [4.69, 9.17) is 15.9 Å². The van der Waals surface area contributed by atoms with Crippen molar-refractivity contribution in [3.8, 4) is 0 Å². The fourth-order valence-electron chi connectivity index (χ4n) is 2.65. The van der Waals surface area contributed by atoms with Gasteiger partial charge in [-0.3, -0.25) is 9.59 Å². The number of nitrogens with one attached hydrogen (secondary N) is 2. The van der Waals surface area contributed by atoms with E-state index in [1.165, 1.54) is 0 Å². The Morgan fingerprint density at radius 2 is 1.14 bits per heavy atom. The van der Waals surface area contributed by atoms with E-state index in [9.17, 15) is 19.8 Å². The first-order chi connectivity index (χ1) is 13.1. The molecule has 9 heteroatoms. The van der Waals surface area contributed by atoms with E-state index in [0.29, 0.717) is 16.7 Å². The Labute approximate surface area is 165 Å². The molecule has 0 aliphatic carbocycles. The molecule has 8 N–H and O–H groups in total. The van der Waals surface area contributed by atoms with E-state index >= 15 is 0 Å². The van der Waals surface area contributed by atoms with Crippen LogP contribution in [0.5, 0.6) is 0 Å². The maximum Gasteiger partial charge on any atom is 0.252 e. The third kappa shape index (κ3) is 6.45. The van der Waals surface area contributed by atoms with E-state index in [2.05, 4.69) is 10.6 Å². The van der Waals surface area contributed by atoms with E-state index in [1.807, 2.05) is 13.8 Å². The lowest BCUT2D eigenvalue weighted by atomic mass is 9.90. The fourth-order valence-corrected chi connectivity index (χ4v) is 2.65. The number of anilines is 1. The maximum absolute atomic E-state index is 12.5. The first kappa shape index (κ1) is 25.8. The summed E-state index contributed by atoms with van der Waals surface area (Å²) in [4.78, 5) is 25.0. The van der Waals surface area contributed by atoms with Crippen LogP contribution in [0.15, 0.2) is 0 Å². The highest BCUT2D eigenvalue weighted by molar-refractivity contribution is 6.05. The Kier molecular flexibility index (Phi) is 11.3. The number of hydrogen-bond donors (Lipinski definition) is 7. The summed E-state index contributed by atoms with van der Waals surface area (Å²) in [5, 5.41) is 41.4. The Bertz CT molecular complexity index is 625. The van der Waals surface area contributed by atoms with Gasteiger partial charge in [0, 0.05) is 29.9 Å². The first-order valence-electron chi connectivity index (χ1n) is 9.19. The fraction of sp³-hybridized carbons (Fsp3) is 0.579. The minimum Gasteiger partial charge on any atom is -0.398 e. The second-order valence-electron chi connectivity index (χ2n) is 6.13. The lowest BCUT2D eigenvalue weighted by molar-refractivity contribution is 0.0799. The summed E-state index contributed by atoms with van der Waals surface area (Å²) in [5.41, 5.74) is 8.18. The van der Waals surface area contributed by atoms with Crippen molar-refractivity contribution >= 4 is 17.5 Å². The molecule has 0 fully saturated rings. The molecule has 2 atom stereocenters. The molecule has 2 unspecified atom stereocenters. The van der Waals surface area contributed by atoms with Gasteiger partial charge in [-0.1, -0.05) is 13.8 Å². The van der Waals surface area contributed by atoms with Crippen LogP contribution in [0.1, 0.15) is 51.3 Å². The number of aliphatic hydroxyl groups excluding tert-OH is 4. The molecule has 160 valence electrons. The van der Waals surface area contributed by atoms with E-state index < -0.39 is 37.2 Å². The van der Waals surface area contributed by atoms with Gasteiger partial charge in [-0.25, -0.2) is 0 Å². The Balaban J connectivity index is 0.00000352. The molecule has 28 heavy (non-hydrogen) atoms. The molecule has 1 aromatic carbocycles. The molecule has 0 aliphatic heterocycles. The van der Waals surface area contributed by atoms with E-state index in [-0.39, 0.29) is 29.9 Å². The molecule has 0 radical (unpaired) electrons. The molecule has 1 aromatic rings. The number of carbonyl (C=O) groups excluding carboxylic acids is 2. The Morgan fingerprint density at radius 1 is 0.821 bits per heavy atom. The topological polar surface area (TPSA) is 165 Å². The van der Waals surface area contributed by atoms with Gasteiger partial charge in [0.25, 0.3) is 11.8 Å². The molecule has 1 rings (SSSR count). The van der Waals surface area contributed by atoms with E-state index in [0.717, 1.165) is 0 Å². The van der Waals surface area contributed by atoms with Gasteiger partial charge < -0.3 is 36.8 Å². The number of nitrogen functional groups attached to an aromatic ring is 1. The number of hydrogen-bond acceptors (Lipinski definition) is 7. The maximum atomic E-state index is 12.5. The number of benzene rings is 1. The number of aliphatic hydroxyl groups is 4. The van der Waals surface area contributed by atoms with Crippen molar-refractivity contribution in [3.05, 3.63) is 27.8 Å². The summed E-state index contributed by atoms with van der Waals surface area (Å²) < 4.78 is 0. The van der Waals surface area contributed by atoms with Gasteiger partial charge >= 0.3 is 0 Å². The van der Waals surface area contributed by atoms with Gasteiger partial charge in [-0.15, -0.1) is 0 Å². The van der Waals surface area contributed by atoms with Crippen molar-refractivity contribution in [1.29, 1.82) is 0 Å². The third-order valence-electron chi connectivity index (χ3n) is 4.18. The highest BCUT2D eigenvalue weighted by Gasteiger charge is 2.24. The summed E-state index contributed by atoms with van der Waals surface area (Å²) in [5.74, 6) is -1.05. The van der Waals surface area contributed by atoms with Gasteiger partial charge in [-0.2, -0.15) is 0 Å². The molecular formula is C19H33N3O6. The number of amides is 2. The number of carbonyl (C=O) groups is 2. The monoisotopic (exact) mass is 399 g/mol. The summed E-state index contributed by atoms with van der Waals surface area (Å²) in [7, 11) is 0. The zero-order chi connectivity index (χ0) is 22.0. The molecular weight excluding hydrogens is 366 g/mol.